The molecular formula is C36H28BrCl2N3O8. The van der Waals surface area contributed by atoms with Gasteiger partial charge in [0.1, 0.15) is 22.8 Å². The number of imide groups is 2. The third-order valence-electron chi connectivity index (χ3n) is 10.5. The van der Waals surface area contributed by atoms with Gasteiger partial charge in [0.25, 0.3) is 11.8 Å². The Morgan fingerprint density at radius 1 is 0.960 bits per heavy atom. The van der Waals surface area contributed by atoms with Crippen molar-refractivity contribution in [3.8, 4) is 28.7 Å². The molecule has 3 aromatic carbocycles. The van der Waals surface area contributed by atoms with E-state index in [0.717, 1.165) is 4.90 Å². The quantitative estimate of drug-likeness (QED) is 0.106. The predicted octanol–water partition coefficient (Wildman–Crippen LogP) is 6.13. The molecule has 50 heavy (non-hydrogen) atoms. The fraction of sp³-hybridized carbons (Fsp3) is 0.306. The topological polar surface area (TPSA) is 139 Å². The van der Waals surface area contributed by atoms with Gasteiger partial charge in [-0.1, -0.05) is 39.7 Å². The number of allylic oxidation sites excluding steroid dienone is 2. The lowest BCUT2D eigenvalue weighted by atomic mass is 9.56. The molecule has 1 saturated carbocycles. The summed E-state index contributed by atoms with van der Waals surface area (Å²) < 4.78 is 17.2. The van der Waals surface area contributed by atoms with Crippen LogP contribution < -0.4 is 14.4 Å². The number of alkyl halides is 3. The van der Waals surface area contributed by atoms with Crippen LogP contribution in [0.2, 0.25) is 0 Å². The summed E-state index contributed by atoms with van der Waals surface area (Å²) in [5, 5.41) is 10.5. The van der Waals surface area contributed by atoms with Crippen LogP contribution in [-0.2, 0) is 19.2 Å². The van der Waals surface area contributed by atoms with Crippen molar-refractivity contribution in [2.45, 2.75) is 28.5 Å². The zero-order valence-corrected chi connectivity index (χ0v) is 29.7. The van der Waals surface area contributed by atoms with E-state index in [1.54, 1.807) is 24.3 Å². The molecule has 8 rings (SSSR count). The number of amides is 4. The predicted molar refractivity (Wildman–Crippen MR) is 186 cm³/mol. The van der Waals surface area contributed by atoms with Gasteiger partial charge in [-0.15, -0.1) is 23.2 Å². The third-order valence-corrected chi connectivity index (χ3v) is 12.4. The van der Waals surface area contributed by atoms with Gasteiger partial charge in [-0.3, -0.25) is 29.0 Å². The number of halogens is 3. The van der Waals surface area contributed by atoms with Crippen LogP contribution in [0.25, 0.3) is 22.6 Å². The number of ether oxygens (including phenoxy) is 2. The van der Waals surface area contributed by atoms with Crippen molar-refractivity contribution in [1.29, 1.82) is 0 Å². The lowest BCUT2D eigenvalue weighted by Crippen LogP contribution is -2.60. The lowest BCUT2D eigenvalue weighted by Gasteiger charge is -2.51. The van der Waals surface area contributed by atoms with Crippen LogP contribution in [0.1, 0.15) is 24.3 Å². The van der Waals surface area contributed by atoms with E-state index in [1.807, 2.05) is 30.3 Å². The van der Waals surface area contributed by atoms with Gasteiger partial charge in [0, 0.05) is 29.2 Å². The maximum absolute atomic E-state index is 14.5. The second-order valence-corrected chi connectivity index (χ2v) is 14.5. The zero-order valence-electron chi connectivity index (χ0n) is 26.6. The molecule has 4 aliphatic rings. The SMILES string of the molecule is COc1cc(O)cc(OC)c1C1C2=CCC3C(=O)N(c4ccc(-c5nc6ccccc6o5)cc4)C(=O)C3C2CC2(Cl)C(=O)N(CBr)C(=O)C12Cl. The highest BCUT2D eigenvalue weighted by Crippen LogP contribution is 2.67. The number of benzene rings is 3. The Kier molecular flexibility index (Phi) is 7.59. The molecule has 1 aromatic heterocycles. The fourth-order valence-corrected chi connectivity index (χ4v) is 9.69. The Labute approximate surface area is 303 Å². The Morgan fingerprint density at radius 2 is 1.64 bits per heavy atom. The molecule has 4 amide bonds. The first-order valence-corrected chi connectivity index (χ1v) is 17.6. The van der Waals surface area contributed by atoms with Gasteiger partial charge in [-0.2, -0.15) is 0 Å². The minimum atomic E-state index is -2.07. The summed E-state index contributed by atoms with van der Waals surface area (Å²) in [6, 6.07) is 16.9. The molecular weight excluding hydrogens is 753 g/mol. The zero-order chi connectivity index (χ0) is 35.3. The molecule has 1 N–H and O–H groups in total. The van der Waals surface area contributed by atoms with Crippen LogP contribution in [0.3, 0.4) is 0 Å². The monoisotopic (exact) mass is 779 g/mol. The number of fused-ring (bicyclic) bond motifs is 5. The molecule has 3 fully saturated rings. The lowest BCUT2D eigenvalue weighted by molar-refractivity contribution is -0.138. The number of methoxy groups -OCH3 is 2. The molecule has 2 aliphatic heterocycles. The first-order valence-electron chi connectivity index (χ1n) is 15.8. The summed E-state index contributed by atoms with van der Waals surface area (Å²) in [5.74, 6) is -5.34. The maximum Gasteiger partial charge on any atom is 0.254 e. The van der Waals surface area contributed by atoms with Crippen LogP contribution in [-0.4, -0.2) is 68.0 Å². The van der Waals surface area contributed by atoms with Crippen molar-refractivity contribution in [1.82, 2.24) is 9.88 Å². The van der Waals surface area contributed by atoms with Gasteiger partial charge in [0.15, 0.2) is 15.3 Å². The number of hydrogen-bond acceptors (Lipinski definition) is 9. The van der Waals surface area contributed by atoms with Crippen molar-refractivity contribution in [2.24, 2.45) is 17.8 Å². The number of carbonyl (C=O) groups is 4. The number of anilines is 1. The Balaban J connectivity index is 1.22. The van der Waals surface area contributed by atoms with Crippen LogP contribution in [0.5, 0.6) is 17.2 Å². The second kappa shape index (κ2) is 11.6. The summed E-state index contributed by atoms with van der Waals surface area (Å²) in [5.41, 5.74) is 3.06. The number of para-hydroxylation sites is 2. The standard InChI is InChI=1S/C36H28BrCl2N3O8/c1-48-25-13-19(43)14-26(49-2)28(25)29-20-11-12-21-27(22(20)15-35(38)33(46)41(16-37)34(47)36(29,35)39)32(45)42(31(21)44)18-9-7-17(8-10-18)30-40-23-5-3-4-6-24(23)50-30/h3-11,13-14,21-22,27,29,43H,12,15-16H2,1-2H3. The average Bonchev–Trinajstić information content (AvgIpc) is 3.71. The number of carbonyl (C=O) groups excluding carboxylic acids is 4. The van der Waals surface area contributed by atoms with Crippen LogP contribution in [0.15, 0.2) is 76.7 Å². The van der Waals surface area contributed by atoms with Gasteiger partial charge in [-0.05, 0) is 55.2 Å². The highest BCUT2D eigenvalue weighted by Gasteiger charge is 2.76. The van der Waals surface area contributed by atoms with Crippen LogP contribution in [0, 0.1) is 17.8 Å². The van der Waals surface area contributed by atoms with Crippen LogP contribution in [0.4, 0.5) is 5.69 Å². The molecule has 4 aromatic rings. The van der Waals surface area contributed by atoms with Gasteiger partial charge >= 0.3 is 0 Å². The molecule has 6 unspecified atom stereocenters. The van der Waals surface area contributed by atoms with E-state index in [4.69, 9.17) is 37.1 Å². The summed E-state index contributed by atoms with van der Waals surface area (Å²) >= 11 is 18.0. The normalized spacial score (nSPS) is 28.9. The summed E-state index contributed by atoms with van der Waals surface area (Å²) in [6.07, 6.45) is 1.81. The number of phenols is 1. The van der Waals surface area contributed by atoms with Crippen molar-refractivity contribution < 1.29 is 38.2 Å². The molecule has 6 atom stereocenters. The number of hydrogen-bond donors (Lipinski definition) is 1. The van der Waals surface area contributed by atoms with Gasteiger partial charge in [-0.25, -0.2) is 4.98 Å². The van der Waals surface area contributed by atoms with E-state index in [9.17, 15) is 24.3 Å². The molecule has 256 valence electrons. The molecule has 14 heteroatoms. The number of rotatable bonds is 6. The first-order chi connectivity index (χ1) is 24.0. The fourth-order valence-electron chi connectivity index (χ4n) is 8.28. The molecule has 0 spiro atoms. The Hall–Kier alpha value is -4.39. The first kappa shape index (κ1) is 32.8. The summed E-state index contributed by atoms with van der Waals surface area (Å²) in [6.45, 7) is 0. The highest BCUT2D eigenvalue weighted by atomic mass is 79.9. The highest BCUT2D eigenvalue weighted by molar-refractivity contribution is 9.09. The van der Waals surface area contributed by atoms with E-state index in [0.29, 0.717) is 33.8 Å². The summed E-state index contributed by atoms with van der Waals surface area (Å²) in [7, 11) is 2.77. The number of aromatic hydroxyl groups is 1. The molecule has 2 aliphatic carbocycles. The van der Waals surface area contributed by atoms with Gasteiger partial charge in [0.2, 0.25) is 17.7 Å². The maximum atomic E-state index is 14.5. The molecule has 0 bridgehead atoms. The number of aromatic nitrogens is 1. The Morgan fingerprint density at radius 3 is 2.28 bits per heavy atom. The van der Waals surface area contributed by atoms with Gasteiger partial charge in [0.05, 0.1) is 37.2 Å². The molecule has 0 radical (unpaired) electrons. The number of phenolic OH excluding ortho intramolecular Hbond substituents is 1. The van der Waals surface area contributed by atoms with E-state index >= 15 is 0 Å². The van der Waals surface area contributed by atoms with E-state index in [2.05, 4.69) is 20.9 Å². The second-order valence-electron chi connectivity index (χ2n) is 12.8. The van der Waals surface area contributed by atoms with Crippen molar-refractivity contribution in [2.75, 3.05) is 24.6 Å². The van der Waals surface area contributed by atoms with Crippen molar-refractivity contribution in [3.05, 3.63) is 77.9 Å². The minimum Gasteiger partial charge on any atom is -0.508 e. The van der Waals surface area contributed by atoms with E-state index in [-0.39, 0.29) is 47.0 Å². The largest absolute Gasteiger partial charge is 0.508 e. The third kappa shape index (κ3) is 4.31. The number of oxazole rings is 1. The van der Waals surface area contributed by atoms with Crippen molar-refractivity contribution >= 4 is 79.5 Å². The molecule has 2 saturated heterocycles. The van der Waals surface area contributed by atoms with E-state index < -0.39 is 51.1 Å². The number of likely N-dealkylation sites (tertiary alicyclic amines) is 1. The van der Waals surface area contributed by atoms with Crippen molar-refractivity contribution in [3.63, 3.8) is 0 Å². The number of nitrogens with zero attached hydrogens (tertiary/aromatic N) is 3. The molecule has 11 nitrogen and oxygen atoms in total. The molecule has 3 heterocycles. The Bertz CT molecular complexity index is 2110. The smallest absolute Gasteiger partial charge is 0.254 e. The van der Waals surface area contributed by atoms with Crippen LogP contribution >= 0.6 is 39.1 Å². The minimum absolute atomic E-state index is 0.140. The summed E-state index contributed by atoms with van der Waals surface area (Å²) in [4.78, 5) is 59.3. The van der Waals surface area contributed by atoms with E-state index in [1.165, 1.54) is 31.3 Å². The average molecular weight is 781 g/mol. The van der Waals surface area contributed by atoms with Gasteiger partial charge < -0.3 is 19.0 Å².